The highest BCUT2D eigenvalue weighted by Gasteiger charge is 2.41. The SMILES string of the molecule is CN=C(NCC(C1CC1)C1CC1)N1CCC(NC(=O)OC(C)(C)C)C1.I. The Balaban J connectivity index is 0.00000243. The Morgan fingerprint density at radius 3 is 2.31 bits per heavy atom. The van der Waals surface area contributed by atoms with Crippen LogP contribution in [-0.2, 0) is 4.74 Å². The Morgan fingerprint density at radius 2 is 1.81 bits per heavy atom. The van der Waals surface area contributed by atoms with Gasteiger partial charge in [0.05, 0.1) is 6.04 Å². The number of likely N-dealkylation sites (tertiary alicyclic amines) is 1. The maximum Gasteiger partial charge on any atom is 0.407 e. The van der Waals surface area contributed by atoms with Gasteiger partial charge in [-0.3, -0.25) is 4.99 Å². The number of nitrogens with one attached hydrogen (secondary N) is 2. The molecule has 0 aromatic heterocycles. The maximum absolute atomic E-state index is 11.9. The fourth-order valence-corrected chi connectivity index (χ4v) is 3.85. The summed E-state index contributed by atoms with van der Waals surface area (Å²) in [6.45, 7) is 8.40. The summed E-state index contributed by atoms with van der Waals surface area (Å²) in [6.07, 6.45) is 6.24. The molecule has 26 heavy (non-hydrogen) atoms. The summed E-state index contributed by atoms with van der Waals surface area (Å²) in [5.74, 6) is 3.69. The number of hydrogen-bond acceptors (Lipinski definition) is 3. The van der Waals surface area contributed by atoms with Crippen LogP contribution < -0.4 is 10.6 Å². The van der Waals surface area contributed by atoms with Crippen molar-refractivity contribution in [2.75, 3.05) is 26.7 Å². The standard InChI is InChI=1S/C19H34N4O2.HI/c1-19(2,3)25-18(24)22-15-9-10-23(12-15)17(20-4)21-11-16(13-5-6-13)14-7-8-14;/h13-16H,5-12H2,1-4H3,(H,20,21)(H,22,24);1H. The lowest BCUT2D eigenvalue weighted by Gasteiger charge is -2.25. The minimum Gasteiger partial charge on any atom is -0.444 e. The average Bonchev–Trinajstić information content (AvgIpc) is 3.42. The Kier molecular flexibility index (Phi) is 7.44. The lowest BCUT2D eigenvalue weighted by atomic mass is 9.98. The van der Waals surface area contributed by atoms with Crippen molar-refractivity contribution in [2.45, 2.75) is 64.5 Å². The maximum atomic E-state index is 11.9. The average molecular weight is 478 g/mol. The number of guanidine groups is 1. The normalized spacial score (nSPS) is 23.7. The Bertz CT molecular complexity index is 500. The molecular weight excluding hydrogens is 443 g/mol. The van der Waals surface area contributed by atoms with Gasteiger partial charge in [-0.05, 0) is 70.6 Å². The van der Waals surface area contributed by atoms with Crippen LogP contribution in [0.15, 0.2) is 4.99 Å². The number of nitrogens with zero attached hydrogens (tertiary/aromatic N) is 2. The largest absolute Gasteiger partial charge is 0.444 e. The molecule has 2 aliphatic carbocycles. The van der Waals surface area contributed by atoms with Gasteiger partial charge in [0, 0.05) is 26.7 Å². The fraction of sp³-hybridized carbons (Fsp3) is 0.895. The summed E-state index contributed by atoms with van der Waals surface area (Å²) < 4.78 is 5.35. The van der Waals surface area contributed by atoms with E-state index in [-0.39, 0.29) is 36.1 Å². The van der Waals surface area contributed by atoms with Crippen LogP contribution in [0.1, 0.15) is 52.9 Å². The minimum absolute atomic E-state index is 0. The van der Waals surface area contributed by atoms with Crippen molar-refractivity contribution in [1.29, 1.82) is 0 Å². The van der Waals surface area contributed by atoms with Gasteiger partial charge in [-0.2, -0.15) is 0 Å². The van der Waals surface area contributed by atoms with E-state index in [1.54, 1.807) is 0 Å². The molecule has 7 heteroatoms. The second kappa shape index (κ2) is 8.97. The van der Waals surface area contributed by atoms with Crippen LogP contribution >= 0.6 is 24.0 Å². The van der Waals surface area contributed by atoms with Gasteiger partial charge >= 0.3 is 6.09 Å². The van der Waals surface area contributed by atoms with Gasteiger partial charge < -0.3 is 20.3 Å². The fourth-order valence-electron chi connectivity index (χ4n) is 3.85. The van der Waals surface area contributed by atoms with Gasteiger partial charge in [-0.1, -0.05) is 0 Å². The summed E-state index contributed by atoms with van der Waals surface area (Å²) in [7, 11) is 1.85. The predicted octanol–water partition coefficient (Wildman–Crippen LogP) is 3.22. The summed E-state index contributed by atoms with van der Waals surface area (Å²) in [5, 5.41) is 6.58. The Hall–Kier alpha value is -0.730. The molecule has 2 saturated carbocycles. The van der Waals surface area contributed by atoms with Crippen molar-refractivity contribution in [2.24, 2.45) is 22.7 Å². The topological polar surface area (TPSA) is 66.0 Å². The first-order valence-electron chi connectivity index (χ1n) is 9.81. The summed E-state index contributed by atoms with van der Waals surface area (Å²) >= 11 is 0. The highest BCUT2D eigenvalue weighted by Crippen LogP contribution is 2.48. The molecule has 3 rings (SSSR count). The summed E-state index contributed by atoms with van der Waals surface area (Å²) in [5.41, 5.74) is -0.458. The third-order valence-electron chi connectivity index (χ3n) is 5.37. The van der Waals surface area contributed by atoms with E-state index < -0.39 is 5.60 Å². The lowest BCUT2D eigenvalue weighted by molar-refractivity contribution is 0.0507. The van der Waals surface area contributed by atoms with E-state index in [0.717, 1.165) is 49.8 Å². The molecule has 3 fully saturated rings. The first kappa shape index (κ1) is 21.6. The first-order valence-corrected chi connectivity index (χ1v) is 9.81. The number of carbonyl (C=O) groups is 1. The van der Waals surface area contributed by atoms with Gasteiger partial charge in [0.1, 0.15) is 5.60 Å². The van der Waals surface area contributed by atoms with Crippen molar-refractivity contribution >= 4 is 36.0 Å². The van der Waals surface area contributed by atoms with Gasteiger partial charge in [-0.25, -0.2) is 4.79 Å². The molecule has 0 aromatic carbocycles. The zero-order chi connectivity index (χ0) is 18.0. The Labute approximate surface area is 174 Å². The second-order valence-corrected chi connectivity index (χ2v) is 8.84. The van der Waals surface area contributed by atoms with Crippen LogP contribution in [0.4, 0.5) is 4.79 Å². The van der Waals surface area contributed by atoms with Crippen LogP contribution in [0.25, 0.3) is 0 Å². The Morgan fingerprint density at radius 1 is 1.19 bits per heavy atom. The number of aliphatic imine (C=N–C) groups is 1. The quantitative estimate of drug-likeness (QED) is 0.362. The van der Waals surface area contributed by atoms with Crippen molar-refractivity contribution in [3.05, 3.63) is 0 Å². The zero-order valence-corrected chi connectivity index (χ0v) is 18.9. The molecule has 3 aliphatic rings. The van der Waals surface area contributed by atoms with Crippen LogP contribution in [0, 0.1) is 17.8 Å². The van der Waals surface area contributed by atoms with Gasteiger partial charge in [-0.15, -0.1) is 24.0 Å². The lowest BCUT2D eigenvalue weighted by Crippen LogP contribution is -2.45. The first-order chi connectivity index (χ1) is 11.9. The number of ether oxygens (including phenoxy) is 1. The molecule has 6 nitrogen and oxygen atoms in total. The zero-order valence-electron chi connectivity index (χ0n) is 16.6. The number of hydrogen-bond donors (Lipinski definition) is 2. The third-order valence-corrected chi connectivity index (χ3v) is 5.37. The third kappa shape index (κ3) is 6.46. The minimum atomic E-state index is -0.458. The van der Waals surface area contributed by atoms with E-state index in [2.05, 4.69) is 20.5 Å². The molecule has 0 spiro atoms. The van der Waals surface area contributed by atoms with E-state index in [9.17, 15) is 4.79 Å². The number of carbonyl (C=O) groups excluding carboxylic acids is 1. The molecule has 0 radical (unpaired) electrons. The monoisotopic (exact) mass is 478 g/mol. The van der Waals surface area contributed by atoms with Crippen LogP contribution in [0.3, 0.4) is 0 Å². The van der Waals surface area contributed by atoms with Crippen LogP contribution in [0.5, 0.6) is 0 Å². The van der Waals surface area contributed by atoms with E-state index in [4.69, 9.17) is 4.74 Å². The highest BCUT2D eigenvalue weighted by atomic mass is 127. The molecule has 0 bridgehead atoms. The molecule has 1 aliphatic heterocycles. The van der Waals surface area contributed by atoms with Gasteiger partial charge in [0.2, 0.25) is 0 Å². The molecule has 1 saturated heterocycles. The highest BCUT2D eigenvalue weighted by molar-refractivity contribution is 14.0. The molecule has 1 amide bonds. The van der Waals surface area contributed by atoms with E-state index in [1.807, 2.05) is 27.8 Å². The van der Waals surface area contributed by atoms with Crippen molar-refractivity contribution in [3.63, 3.8) is 0 Å². The molecule has 2 N–H and O–H groups in total. The summed E-state index contributed by atoms with van der Waals surface area (Å²) in [4.78, 5) is 18.7. The van der Waals surface area contributed by atoms with Crippen LogP contribution in [0.2, 0.25) is 0 Å². The van der Waals surface area contributed by atoms with Crippen molar-refractivity contribution < 1.29 is 9.53 Å². The number of halogens is 1. The smallest absolute Gasteiger partial charge is 0.407 e. The van der Waals surface area contributed by atoms with Crippen LogP contribution in [-0.4, -0.2) is 55.3 Å². The van der Waals surface area contributed by atoms with Crippen molar-refractivity contribution in [1.82, 2.24) is 15.5 Å². The second-order valence-electron chi connectivity index (χ2n) is 8.84. The van der Waals surface area contributed by atoms with E-state index >= 15 is 0 Å². The molecule has 150 valence electrons. The van der Waals surface area contributed by atoms with Crippen molar-refractivity contribution in [3.8, 4) is 0 Å². The number of amides is 1. The molecule has 1 atom stereocenters. The van der Waals surface area contributed by atoms with E-state index in [0.29, 0.717) is 0 Å². The van der Waals surface area contributed by atoms with Gasteiger partial charge in [0.15, 0.2) is 5.96 Å². The molecule has 1 unspecified atom stereocenters. The number of rotatable bonds is 5. The molecule has 0 aromatic rings. The summed E-state index contributed by atoms with van der Waals surface area (Å²) in [6, 6.07) is 0.121. The van der Waals surface area contributed by atoms with Gasteiger partial charge in [0.25, 0.3) is 0 Å². The molecular formula is C19H35IN4O2. The molecule has 1 heterocycles. The van der Waals surface area contributed by atoms with E-state index in [1.165, 1.54) is 25.7 Å². The predicted molar refractivity (Wildman–Crippen MR) is 115 cm³/mol. The number of alkyl carbamates (subject to hydrolysis) is 1.